The van der Waals surface area contributed by atoms with Crippen LogP contribution in [0.25, 0.3) is 11.1 Å². The van der Waals surface area contributed by atoms with Crippen LogP contribution < -0.4 is 5.32 Å². The smallest absolute Gasteiger partial charge is 0.408 e. The van der Waals surface area contributed by atoms with Crippen LogP contribution in [0.4, 0.5) is 4.79 Å². The summed E-state index contributed by atoms with van der Waals surface area (Å²) in [4.78, 5) is 24.4. The molecule has 2 aromatic carbocycles. The Morgan fingerprint density at radius 3 is 2.07 bits per heavy atom. The van der Waals surface area contributed by atoms with Crippen LogP contribution in [0.2, 0.25) is 0 Å². The Hall–Kier alpha value is -2.33. The van der Waals surface area contributed by atoms with E-state index >= 15 is 0 Å². The zero-order chi connectivity index (χ0) is 18.9. The summed E-state index contributed by atoms with van der Waals surface area (Å²) in [5, 5.41) is 2.26. The van der Waals surface area contributed by atoms with Crippen molar-refractivity contribution in [2.45, 2.75) is 43.6 Å². The maximum atomic E-state index is 12.5. The number of ether oxygens (including phenoxy) is 1. The molecule has 4 rings (SSSR count). The highest BCUT2D eigenvalue weighted by Gasteiger charge is 2.40. The molecule has 1 saturated carbocycles. The van der Waals surface area contributed by atoms with E-state index in [4.69, 9.17) is 16.3 Å². The number of fused-ring (bicyclic) bond motifs is 3. The van der Waals surface area contributed by atoms with Gasteiger partial charge in [0, 0.05) is 5.92 Å². The minimum Gasteiger partial charge on any atom is -0.449 e. The molecule has 0 atom stereocenters. The van der Waals surface area contributed by atoms with Gasteiger partial charge in [0.25, 0.3) is 0 Å². The molecule has 4 nitrogen and oxygen atoms in total. The largest absolute Gasteiger partial charge is 0.449 e. The average molecular weight is 384 g/mol. The molecule has 1 fully saturated rings. The Morgan fingerprint density at radius 1 is 0.963 bits per heavy atom. The first-order valence-electron chi connectivity index (χ1n) is 9.44. The molecule has 0 aliphatic heterocycles. The number of halogens is 1. The summed E-state index contributed by atoms with van der Waals surface area (Å²) < 4.78 is 5.56. The fraction of sp³-hybridized carbons (Fsp3) is 0.364. The van der Waals surface area contributed by atoms with Gasteiger partial charge in [-0.2, -0.15) is 0 Å². The van der Waals surface area contributed by atoms with Crippen molar-refractivity contribution in [3.63, 3.8) is 0 Å². The second kappa shape index (κ2) is 7.35. The van der Waals surface area contributed by atoms with Gasteiger partial charge in [0.2, 0.25) is 5.24 Å². The number of alkyl carbamates (subject to hydrolysis) is 1. The van der Waals surface area contributed by atoms with Crippen LogP contribution >= 0.6 is 11.6 Å². The van der Waals surface area contributed by atoms with Crippen molar-refractivity contribution in [2.24, 2.45) is 0 Å². The number of hydrogen-bond donors (Lipinski definition) is 1. The van der Waals surface area contributed by atoms with Crippen LogP contribution in [0.15, 0.2) is 48.5 Å². The highest BCUT2D eigenvalue weighted by Crippen LogP contribution is 2.44. The first-order valence-corrected chi connectivity index (χ1v) is 9.82. The average Bonchev–Trinajstić information content (AvgIpc) is 3.01. The maximum Gasteiger partial charge on any atom is 0.408 e. The van der Waals surface area contributed by atoms with Crippen molar-refractivity contribution >= 4 is 22.9 Å². The minimum atomic E-state index is -0.984. The van der Waals surface area contributed by atoms with Gasteiger partial charge in [-0.05, 0) is 46.7 Å². The zero-order valence-corrected chi connectivity index (χ0v) is 15.8. The van der Waals surface area contributed by atoms with E-state index in [1.165, 1.54) is 11.1 Å². The number of carbonyl (C=O) groups excluding carboxylic acids is 2. The van der Waals surface area contributed by atoms with Gasteiger partial charge in [-0.25, -0.2) is 4.79 Å². The van der Waals surface area contributed by atoms with Crippen molar-refractivity contribution < 1.29 is 14.3 Å². The molecule has 0 heterocycles. The highest BCUT2D eigenvalue weighted by molar-refractivity contribution is 6.65. The van der Waals surface area contributed by atoms with Gasteiger partial charge in [-0.15, -0.1) is 0 Å². The van der Waals surface area contributed by atoms with Crippen LogP contribution in [0.3, 0.4) is 0 Å². The van der Waals surface area contributed by atoms with Crippen LogP contribution in [0, 0.1) is 0 Å². The first kappa shape index (κ1) is 18.1. The fourth-order valence-corrected chi connectivity index (χ4v) is 4.59. The highest BCUT2D eigenvalue weighted by atomic mass is 35.5. The predicted octanol–water partition coefficient (Wildman–Crippen LogP) is 4.99. The molecule has 0 radical (unpaired) electrons. The van der Waals surface area contributed by atoms with Gasteiger partial charge >= 0.3 is 6.09 Å². The van der Waals surface area contributed by atoms with Gasteiger partial charge in [-0.3, -0.25) is 4.79 Å². The van der Waals surface area contributed by atoms with Gasteiger partial charge in [0.15, 0.2) is 0 Å². The Balaban J connectivity index is 1.49. The molecule has 1 amide bonds. The third-order valence-electron chi connectivity index (χ3n) is 5.77. The summed E-state index contributed by atoms with van der Waals surface area (Å²) in [6.45, 7) is 0.229. The van der Waals surface area contributed by atoms with Crippen molar-refractivity contribution in [3.05, 3.63) is 59.7 Å². The van der Waals surface area contributed by atoms with Gasteiger partial charge in [0.1, 0.15) is 12.1 Å². The molecule has 5 heteroatoms. The van der Waals surface area contributed by atoms with Gasteiger partial charge in [0.05, 0.1) is 0 Å². The second-order valence-corrected chi connectivity index (χ2v) is 7.71. The Kier molecular flexibility index (Phi) is 4.92. The van der Waals surface area contributed by atoms with E-state index in [2.05, 4.69) is 29.6 Å². The fourth-order valence-electron chi connectivity index (χ4n) is 4.36. The number of amides is 1. The van der Waals surface area contributed by atoms with Gasteiger partial charge < -0.3 is 10.1 Å². The van der Waals surface area contributed by atoms with E-state index in [-0.39, 0.29) is 12.5 Å². The molecule has 0 unspecified atom stereocenters. The third-order valence-corrected chi connectivity index (χ3v) is 6.13. The standard InChI is InChI=1S/C22H22ClNO3/c23-20(25)22(12-6-1-7-13-22)24-21(26)27-14-19-17-10-4-2-8-15(17)16-9-3-5-11-18(16)19/h2-5,8-11,19H,1,6-7,12-14H2,(H,24,26). The molecule has 0 aromatic heterocycles. The number of carbonyl (C=O) groups is 2. The molecule has 0 spiro atoms. The molecular formula is C22H22ClNO3. The third kappa shape index (κ3) is 3.34. The lowest BCUT2D eigenvalue weighted by atomic mass is 9.83. The predicted molar refractivity (Wildman–Crippen MR) is 105 cm³/mol. The Bertz CT molecular complexity index is 828. The summed E-state index contributed by atoms with van der Waals surface area (Å²) in [6.07, 6.45) is 3.37. The maximum absolute atomic E-state index is 12.5. The van der Waals surface area contributed by atoms with E-state index in [1.807, 2.05) is 24.3 Å². The second-order valence-electron chi connectivity index (χ2n) is 7.37. The molecule has 140 valence electrons. The summed E-state index contributed by atoms with van der Waals surface area (Å²) >= 11 is 5.81. The lowest BCUT2D eigenvalue weighted by Crippen LogP contribution is -2.54. The van der Waals surface area contributed by atoms with E-state index in [0.717, 1.165) is 30.4 Å². The molecule has 2 aromatic rings. The zero-order valence-electron chi connectivity index (χ0n) is 15.0. The molecule has 2 aliphatic rings. The molecule has 2 aliphatic carbocycles. The Labute approximate surface area is 163 Å². The summed E-state index contributed by atoms with van der Waals surface area (Å²) in [7, 11) is 0. The topological polar surface area (TPSA) is 55.4 Å². The number of nitrogens with one attached hydrogen (secondary N) is 1. The summed E-state index contributed by atoms with van der Waals surface area (Å²) in [6, 6.07) is 16.4. The lowest BCUT2D eigenvalue weighted by Gasteiger charge is -2.34. The van der Waals surface area contributed by atoms with Crippen molar-refractivity contribution in [3.8, 4) is 11.1 Å². The SMILES string of the molecule is O=C(NC1(C(=O)Cl)CCCCC1)OCC1c2ccccc2-c2ccccc21. The molecule has 1 N–H and O–H groups in total. The van der Waals surface area contributed by atoms with E-state index < -0.39 is 16.9 Å². The first-order chi connectivity index (χ1) is 13.1. The number of hydrogen-bond acceptors (Lipinski definition) is 3. The molecule has 0 bridgehead atoms. The Morgan fingerprint density at radius 2 is 1.52 bits per heavy atom. The van der Waals surface area contributed by atoms with E-state index in [1.54, 1.807) is 0 Å². The van der Waals surface area contributed by atoms with Crippen LogP contribution in [-0.4, -0.2) is 23.5 Å². The number of benzene rings is 2. The van der Waals surface area contributed by atoms with Crippen molar-refractivity contribution in [1.29, 1.82) is 0 Å². The summed E-state index contributed by atoms with van der Waals surface area (Å²) in [5.74, 6) is -0.00263. The van der Waals surface area contributed by atoms with Crippen LogP contribution in [0.1, 0.15) is 49.1 Å². The summed E-state index contributed by atoms with van der Waals surface area (Å²) in [5.41, 5.74) is 3.70. The normalized spacial score (nSPS) is 17.7. The van der Waals surface area contributed by atoms with Crippen LogP contribution in [-0.2, 0) is 9.53 Å². The molecule has 27 heavy (non-hydrogen) atoms. The molecular weight excluding hydrogens is 362 g/mol. The van der Waals surface area contributed by atoms with Gasteiger partial charge in [-0.1, -0.05) is 67.8 Å². The van der Waals surface area contributed by atoms with Crippen molar-refractivity contribution in [2.75, 3.05) is 6.61 Å². The lowest BCUT2D eigenvalue weighted by molar-refractivity contribution is -0.118. The molecule has 0 saturated heterocycles. The van der Waals surface area contributed by atoms with Crippen molar-refractivity contribution in [1.82, 2.24) is 5.32 Å². The monoisotopic (exact) mass is 383 g/mol. The van der Waals surface area contributed by atoms with E-state index in [9.17, 15) is 9.59 Å². The number of rotatable bonds is 4. The van der Waals surface area contributed by atoms with E-state index in [0.29, 0.717) is 12.8 Å². The van der Waals surface area contributed by atoms with Crippen LogP contribution in [0.5, 0.6) is 0 Å². The quantitative estimate of drug-likeness (QED) is 0.756. The minimum absolute atomic E-state index is 0.00263.